The van der Waals surface area contributed by atoms with Crippen molar-refractivity contribution in [2.45, 2.75) is 20.3 Å². The molecule has 4 rings (SSSR count). The summed E-state index contributed by atoms with van der Waals surface area (Å²) in [6, 6.07) is 17.7. The van der Waals surface area contributed by atoms with Gasteiger partial charge in [-0.1, -0.05) is 37.6 Å². The lowest BCUT2D eigenvalue weighted by molar-refractivity contribution is -0.118. The van der Waals surface area contributed by atoms with Gasteiger partial charge in [0.2, 0.25) is 10.0 Å². The predicted molar refractivity (Wildman–Crippen MR) is 166 cm³/mol. The fraction of sp³-hybridized carbons (Fsp3) is 0.300. The number of anilines is 4. The fourth-order valence-electron chi connectivity index (χ4n) is 4.84. The molecule has 12 heteroatoms. The third kappa shape index (κ3) is 7.47. The Morgan fingerprint density at radius 2 is 1.64 bits per heavy atom. The van der Waals surface area contributed by atoms with Crippen LogP contribution in [0.1, 0.15) is 41.0 Å². The standard InChI is InChI=1S/C30H34ClN5O5S/c1-4-34(5-2)17-8-18-35(30(39)21-11-14-23(15-12-21)33-42(3,40)41)20-28(37)36-26-10-7-6-9-24(26)29(38)32-25-19-22(31)13-16-27(25)36/h6-7,9-16,19,33H,4-5,8,17-18,20H2,1-3H3,(H,32,38). The summed E-state index contributed by atoms with van der Waals surface area (Å²) in [5.74, 6) is -1.16. The molecular formula is C30H34ClN5O5S. The van der Waals surface area contributed by atoms with Crippen LogP contribution in [0.2, 0.25) is 5.02 Å². The Labute approximate surface area is 251 Å². The Bertz CT molecular complexity index is 1580. The Morgan fingerprint density at radius 1 is 0.952 bits per heavy atom. The van der Waals surface area contributed by atoms with Gasteiger partial charge < -0.3 is 15.1 Å². The molecule has 222 valence electrons. The van der Waals surface area contributed by atoms with Crippen LogP contribution in [0.4, 0.5) is 22.7 Å². The normalized spacial score (nSPS) is 12.7. The highest BCUT2D eigenvalue weighted by Crippen LogP contribution is 2.39. The Balaban J connectivity index is 1.67. The molecule has 42 heavy (non-hydrogen) atoms. The van der Waals surface area contributed by atoms with E-state index in [2.05, 4.69) is 28.8 Å². The molecule has 0 spiro atoms. The maximum absolute atomic E-state index is 14.1. The number of benzene rings is 3. The summed E-state index contributed by atoms with van der Waals surface area (Å²) in [5, 5.41) is 3.23. The summed E-state index contributed by atoms with van der Waals surface area (Å²) < 4.78 is 25.6. The highest BCUT2D eigenvalue weighted by Gasteiger charge is 2.31. The van der Waals surface area contributed by atoms with E-state index < -0.39 is 15.9 Å². The van der Waals surface area contributed by atoms with Gasteiger partial charge >= 0.3 is 0 Å². The van der Waals surface area contributed by atoms with Gasteiger partial charge in [0.25, 0.3) is 17.7 Å². The third-order valence-electron chi connectivity index (χ3n) is 6.93. The number of nitrogens with one attached hydrogen (secondary N) is 2. The second-order valence-corrected chi connectivity index (χ2v) is 12.1. The largest absolute Gasteiger partial charge is 0.329 e. The van der Waals surface area contributed by atoms with Crippen molar-refractivity contribution >= 4 is 62.1 Å². The number of hydrogen-bond acceptors (Lipinski definition) is 6. The quantitative estimate of drug-likeness (QED) is 0.321. The van der Waals surface area contributed by atoms with Crippen LogP contribution < -0.4 is 14.9 Å². The minimum atomic E-state index is -3.48. The molecule has 0 atom stereocenters. The average molecular weight is 612 g/mol. The number of carbonyl (C=O) groups is 3. The number of carbonyl (C=O) groups excluding carboxylic acids is 3. The van der Waals surface area contributed by atoms with Crippen LogP contribution in [-0.2, 0) is 14.8 Å². The van der Waals surface area contributed by atoms with Gasteiger partial charge in [0.05, 0.1) is 28.9 Å². The van der Waals surface area contributed by atoms with Crippen molar-refractivity contribution in [2.75, 3.05) is 53.9 Å². The number of hydrogen-bond donors (Lipinski definition) is 2. The molecule has 0 saturated heterocycles. The molecule has 1 aliphatic rings. The molecule has 1 heterocycles. The molecular weight excluding hydrogens is 578 g/mol. The van der Waals surface area contributed by atoms with Crippen LogP contribution in [0.3, 0.4) is 0 Å². The highest BCUT2D eigenvalue weighted by atomic mass is 35.5. The molecule has 0 aromatic heterocycles. The molecule has 10 nitrogen and oxygen atoms in total. The lowest BCUT2D eigenvalue weighted by Crippen LogP contribution is -2.42. The number of fused-ring (bicyclic) bond motifs is 2. The SMILES string of the molecule is CCN(CC)CCCN(CC(=O)N1c2ccc(Cl)cc2NC(=O)c2ccccc21)C(=O)c1ccc(NS(C)(=O)=O)cc1. The first-order valence-corrected chi connectivity index (χ1v) is 15.9. The van der Waals surface area contributed by atoms with Gasteiger partial charge in [-0.15, -0.1) is 0 Å². The van der Waals surface area contributed by atoms with Crippen LogP contribution in [0.15, 0.2) is 66.7 Å². The number of para-hydroxylation sites is 1. The van der Waals surface area contributed by atoms with Gasteiger partial charge in [-0.3, -0.25) is 24.0 Å². The van der Waals surface area contributed by atoms with E-state index in [1.807, 2.05) is 0 Å². The molecule has 1 aliphatic heterocycles. The van der Waals surface area contributed by atoms with Gasteiger partial charge in [-0.05, 0) is 80.7 Å². The van der Waals surface area contributed by atoms with Crippen molar-refractivity contribution in [1.29, 1.82) is 0 Å². The van der Waals surface area contributed by atoms with E-state index in [9.17, 15) is 22.8 Å². The highest BCUT2D eigenvalue weighted by molar-refractivity contribution is 7.92. The number of sulfonamides is 1. The summed E-state index contributed by atoms with van der Waals surface area (Å²) >= 11 is 6.21. The van der Waals surface area contributed by atoms with E-state index in [4.69, 9.17) is 11.6 Å². The molecule has 3 aromatic carbocycles. The third-order valence-corrected chi connectivity index (χ3v) is 7.77. The van der Waals surface area contributed by atoms with Gasteiger partial charge in [0.15, 0.2) is 0 Å². The monoisotopic (exact) mass is 611 g/mol. The number of amides is 3. The van der Waals surface area contributed by atoms with Crippen LogP contribution in [0.5, 0.6) is 0 Å². The van der Waals surface area contributed by atoms with Crippen molar-refractivity contribution in [3.63, 3.8) is 0 Å². The Hall–Kier alpha value is -3.93. The Morgan fingerprint density at radius 3 is 2.31 bits per heavy atom. The summed E-state index contributed by atoms with van der Waals surface area (Å²) in [5.41, 5.74) is 2.16. The molecule has 3 aromatic rings. The fourth-order valence-corrected chi connectivity index (χ4v) is 5.58. The van der Waals surface area contributed by atoms with E-state index in [-0.39, 0.29) is 18.4 Å². The first-order chi connectivity index (χ1) is 20.0. The molecule has 2 N–H and O–H groups in total. The van der Waals surface area contributed by atoms with Gasteiger partial charge in [0, 0.05) is 22.8 Å². The maximum atomic E-state index is 14.1. The van der Waals surface area contributed by atoms with Crippen LogP contribution in [0, 0.1) is 0 Å². The minimum absolute atomic E-state index is 0.259. The van der Waals surface area contributed by atoms with Crippen LogP contribution in [-0.4, -0.2) is 74.9 Å². The molecule has 0 fully saturated rings. The summed E-state index contributed by atoms with van der Waals surface area (Å²) in [4.78, 5) is 46.1. The van der Waals surface area contributed by atoms with Gasteiger partial charge in [0.1, 0.15) is 6.54 Å². The number of rotatable bonds is 11. The van der Waals surface area contributed by atoms with Crippen molar-refractivity contribution in [3.05, 3.63) is 82.9 Å². The number of halogens is 1. The minimum Gasteiger partial charge on any atom is -0.329 e. The van der Waals surface area contributed by atoms with Crippen molar-refractivity contribution in [3.8, 4) is 0 Å². The second-order valence-electron chi connectivity index (χ2n) is 9.92. The zero-order valence-corrected chi connectivity index (χ0v) is 25.3. The predicted octanol–water partition coefficient (Wildman–Crippen LogP) is 4.82. The lowest BCUT2D eigenvalue weighted by atomic mass is 10.1. The zero-order valence-electron chi connectivity index (χ0n) is 23.8. The van der Waals surface area contributed by atoms with Gasteiger partial charge in [-0.2, -0.15) is 0 Å². The molecule has 0 aliphatic carbocycles. The molecule has 0 radical (unpaired) electrons. The smallest absolute Gasteiger partial charge is 0.257 e. The van der Waals surface area contributed by atoms with E-state index >= 15 is 0 Å². The molecule has 0 bridgehead atoms. The molecule has 3 amide bonds. The van der Waals surface area contributed by atoms with E-state index in [1.54, 1.807) is 42.5 Å². The van der Waals surface area contributed by atoms with Crippen molar-refractivity contribution < 1.29 is 22.8 Å². The lowest BCUT2D eigenvalue weighted by Gasteiger charge is -2.29. The Kier molecular flexibility index (Phi) is 9.87. The second kappa shape index (κ2) is 13.4. The van der Waals surface area contributed by atoms with E-state index in [0.29, 0.717) is 51.9 Å². The summed E-state index contributed by atoms with van der Waals surface area (Å²) in [7, 11) is -3.48. The summed E-state index contributed by atoms with van der Waals surface area (Å²) in [6.45, 7) is 6.66. The zero-order chi connectivity index (χ0) is 30.4. The number of nitrogens with zero attached hydrogens (tertiary/aromatic N) is 3. The van der Waals surface area contributed by atoms with Crippen molar-refractivity contribution in [1.82, 2.24) is 9.80 Å². The average Bonchev–Trinajstić information content (AvgIpc) is 3.07. The van der Waals surface area contributed by atoms with Crippen LogP contribution >= 0.6 is 11.6 Å². The molecule has 0 unspecified atom stereocenters. The topological polar surface area (TPSA) is 119 Å². The maximum Gasteiger partial charge on any atom is 0.257 e. The first-order valence-electron chi connectivity index (χ1n) is 13.6. The summed E-state index contributed by atoms with van der Waals surface area (Å²) in [6.07, 6.45) is 1.68. The van der Waals surface area contributed by atoms with Gasteiger partial charge in [-0.25, -0.2) is 8.42 Å². The van der Waals surface area contributed by atoms with E-state index in [1.165, 1.54) is 34.1 Å². The van der Waals surface area contributed by atoms with Crippen molar-refractivity contribution in [2.24, 2.45) is 0 Å². The van der Waals surface area contributed by atoms with E-state index in [0.717, 1.165) is 25.9 Å². The molecule has 0 saturated carbocycles. The van der Waals surface area contributed by atoms with Crippen LogP contribution in [0.25, 0.3) is 0 Å². The first kappa shape index (κ1) is 31.0.